The largest absolute Gasteiger partial charge is 0.458 e. The zero-order valence-electron chi connectivity index (χ0n) is 22.5. The monoisotopic (exact) mass is 498 g/mol. The van der Waals surface area contributed by atoms with Crippen molar-refractivity contribution in [2.75, 3.05) is 0 Å². The number of hydrogen-bond acceptors (Lipinski definition) is 6. The third-order valence-corrected chi connectivity index (χ3v) is 9.18. The number of fused-ring (bicyclic) bond motifs is 3. The Bertz CT molecular complexity index is 1010. The van der Waals surface area contributed by atoms with E-state index in [1.807, 2.05) is 33.8 Å². The molecular weight excluding hydrogens is 456 g/mol. The average molecular weight is 499 g/mol. The highest BCUT2D eigenvalue weighted by Gasteiger charge is 2.69. The standard InChI is InChI=1S/C30H42O6/c1-17(2)8-7-9-20-12-14-30(15-13-20)24-26(36-28(30)34)25(33)19(5)21-10-11-22(31)29(21,6)27(24)35-23(32)16-18(3)4/h8,10-12,16,19,21,24-28,33-34H,7,9,13-15H2,1-6H3. The molecule has 1 saturated heterocycles. The van der Waals surface area contributed by atoms with E-state index >= 15 is 0 Å². The highest BCUT2D eigenvalue weighted by Crippen LogP contribution is 2.62. The molecule has 1 heterocycles. The SMILES string of the molecule is CC(C)=CCCC1=CCC2(CC1)C(O)OC1C(O)C(C)C3C=CC(=O)C3(C)C(OC(=O)C=C(C)C)C12. The number of allylic oxidation sites excluding steroid dienone is 7. The number of esters is 1. The summed E-state index contributed by atoms with van der Waals surface area (Å²) in [6.07, 6.45) is 9.64. The summed E-state index contributed by atoms with van der Waals surface area (Å²) in [6.45, 7) is 11.6. The Hall–Kier alpha value is -2.02. The van der Waals surface area contributed by atoms with Crippen molar-refractivity contribution < 1.29 is 29.3 Å². The quantitative estimate of drug-likeness (QED) is 0.321. The molecule has 2 fully saturated rings. The Morgan fingerprint density at radius 2 is 1.94 bits per heavy atom. The van der Waals surface area contributed by atoms with Crippen LogP contribution in [-0.2, 0) is 19.1 Å². The van der Waals surface area contributed by atoms with E-state index in [1.54, 1.807) is 6.08 Å². The number of carbonyl (C=O) groups excluding carboxylic acids is 2. The molecule has 4 rings (SSSR count). The van der Waals surface area contributed by atoms with Gasteiger partial charge >= 0.3 is 5.97 Å². The van der Waals surface area contributed by atoms with Gasteiger partial charge in [-0.15, -0.1) is 0 Å². The second-order valence-corrected chi connectivity index (χ2v) is 12.1. The molecule has 0 bridgehead atoms. The van der Waals surface area contributed by atoms with Crippen LogP contribution < -0.4 is 0 Å². The van der Waals surface area contributed by atoms with Gasteiger partial charge in [0.2, 0.25) is 0 Å². The van der Waals surface area contributed by atoms with Crippen molar-refractivity contribution in [1.29, 1.82) is 0 Å². The minimum absolute atomic E-state index is 0.104. The van der Waals surface area contributed by atoms with Crippen molar-refractivity contribution in [1.82, 2.24) is 0 Å². The first kappa shape index (κ1) is 27.0. The van der Waals surface area contributed by atoms with Crippen LogP contribution in [0.15, 0.2) is 47.1 Å². The molecule has 4 aliphatic rings. The smallest absolute Gasteiger partial charge is 0.330 e. The Balaban J connectivity index is 1.76. The van der Waals surface area contributed by atoms with Crippen LogP contribution in [0, 0.1) is 28.6 Å². The van der Waals surface area contributed by atoms with E-state index in [4.69, 9.17) is 9.47 Å². The van der Waals surface area contributed by atoms with Crippen LogP contribution in [-0.4, -0.2) is 46.6 Å². The summed E-state index contributed by atoms with van der Waals surface area (Å²) in [5.74, 6) is -1.74. The summed E-state index contributed by atoms with van der Waals surface area (Å²) in [5.41, 5.74) is 1.65. The van der Waals surface area contributed by atoms with E-state index in [2.05, 4.69) is 26.0 Å². The van der Waals surface area contributed by atoms with Crippen LogP contribution in [0.1, 0.15) is 73.6 Å². The van der Waals surface area contributed by atoms with E-state index in [-0.39, 0.29) is 17.6 Å². The fourth-order valence-corrected chi connectivity index (χ4v) is 7.12. The van der Waals surface area contributed by atoms with Gasteiger partial charge in [0.25, 0.3) is 0 Å². The molecule has 36 heavy (non-hydrogen) atoms. The van der Waals surface area contributed by atoms with Crippen molar-refractivity contribution in [3.63, 3.8) is 0 Å². The molecule has 2 N–H and O–H groups in total. The summed E-state index contributed by atoms with van der Waals surface area (Å²) in [5, 5.41) is 22.8. The summed E-state index contributed by atoms with van der Waals surface area (Å²) in [6, 6.07) is 0. The van der Waals surface area contributed by atoms with Crippen LogP contribution in [0.2, 0.25) is 0 Å². The molecule has 0 aromatic rings. The molecule has 1 aliphatic heterocycles. The van der Waals surface area contributed by atoms with Gasteiger partial charge in [-0.05, 0) is 84.6 Å². The average Bonchev–Trinajstić information content (AvgIpc) is 3.24. The van der Waals surface area contributed by atoms with E-state index in [1.165, 1.54) is 17.2 Å². The number of aliphatic hydroxyl groups excluding tert-OH is 2. The van der Waals surface area contributed by atoms with Crippen molar-refractivity contribution >= 4 is 11.8 Å². The van der Waals surface area contributed by atoms with Gasteiger partial charge in [-0.3, -0.25) is 4.79 Å². The molecule has 6 heteroatoms. The summed E-state index contributed by atoms with van der Waals surface area (Å²) in [7, 11) is 0. The second-order valence-electron chi connectivity index (χ2n) is 12.1. The zero-order valence-corrected chi connectivity index (χ0v) is 22.5. The second kappa shape index (κ2) is 10.0. The number of hydrogen-bond donors (Lipinski definition) is 2. The molecule has 0 radical (unpaired) electrons. The normalized spacial score (nSPS) is 41.3. The first-order chi connectivity index (χ1) is 16.9. The minimum Gasteiger partial charge on any atom is -0.458 e. The third kappa shape index (κ3) is 4.46. The fourth-order valence-electron chi connectivity index (χ4n) is 7.12. The van der Waals surface area contributed by atoms with Gasteiger partial charge in [0, 0.05) is 17.4 Å². The predicted molar refractivity (Wildman–Crippen MR) is 138 cm³/mol. The van der Waals surface area contributed by atoms with E-state index in [9.17, 15) is 19.8 Å². The minimum atomic E-state index is -1.11. The Morgan fingerprint density at radius 3 is 2.56 bits per heavy atom. The summed E-state index contributed by atoms with van der Waals surface area (Å²) in [4.78, 5) is 26.4. The number of rotatable bonds is 5. The van der Waals surface area contributed by atoms with Gasteiger partial charge in [-0.25, -0.2) is 4.79 Å². The lowest BCUT2D eigenvalue weighted by Gasteiger charge is -2.46. The van der Waals surface area contributed by atoms with E-state index in [0.717, 1.165) is 24.8 Å². The summed E-state index contributed by atoms with van der Waals surface area (Å²) < 4.78 is 12.3. The Labute approximate surface area is 215 Å². The first-order valence-electron chi connectivity index (χ1n) is 13.3. The molecule has 0 aromatic carbocycles. The zero-order chi connectivity index (χ0) is 26.4. The maximum absolute atomic E-state index is 13.4. The number of ether oxygens (including phenoxy) is 2. The van der Waals surface area contributed by atoms with Crippen LogP contribution in [0.4, 0.5) is 0 Å². The van der Waals surface area contributed by atoms with Gasteiger partial charge in [-0.1, -0.05) is 41.9 Å². The van der Waals surface area contributed by atoms with Gasteiger partial charge in [0.15, 0.2) is 12.1 Å². The maximum atomic E-state index is 13.4. The highest BCUT2D eigenvalue weighted by molar-refractivity contribution is 5.98. The molecule has 9 atom stereocenters. The molecule has 9 unspecified atom stereocenters. The van der Waals surface area contributed by atoms with Gasteiger partial charge in [0.1, 0.15) is 6.10 Å². The maximum Gasteiger partial charge on any atom is 0.330 e. The molecule has 0 aromatic heterocycles. The van der Waals surface area contributed by atoms with E-state index < -0.39 is 47.3 Å². The van der Waals surface area contributed by atoms with Crippen LogP contribution in [0.25, 0.3) is 0 Å². The van der Waals surface area contributed by atoms with Gasteiger partial charge in [0.05, 0.1) is 17.6 Å². The van der Waals surface area contributed by atoms with Crippen molar-refractivity contribution in [2.24, 2.45) is 28.6 Å². The molecule has 3 aliphatic carbocycles. The molecule has 6 nitrogen and oxygen atoms in total. The van der Waals surface area contributed by atoms with Crippen LogP contribution in [0.5, 0.6) is 0 Å². The molecule has 1 spiro atoms. The van der Waals surface area contributed by atoms with Crippen LogP contribution in [0.3, 0.4) is 0 Å². The van der Waals surface area contributed by atoms with Crippen molar-refractivity contribution in [3.05, 3.63) is 47.1 Å². The Kier molecular flexibility index (Phi) is 7.53. The number of carbonyl (C=O) groups is 2. The lowest BCUT2D eigenvalue weighted by Crippen LogP contribution is -2.54. The molecule has 0 amide bonds. The van der Waals surface area contributed by atoms with E-state index in [0.29, 0.717) is 12.8 Å². The topological polar surface area (TPSA) is 93.1 Å². The lowest BCUT2D eigenvalue weighted by atomic mass is 9.59. The molecular formula is C30H42O6. The Morgan fingerprint density at radius 1 is 1.22 bits per heavy atom. The number of ketones is 1. The molecule has 1 saturated carbocycles. The van der Waals surface area contributed by atoms with Crippen LogP contribution >= 0.6 is 0 Å². The number of aliphatic hydroxyl groups is 2. The lowest BCUT2D eigenvalue weighted by molar-refractivity contribution is -0.172. The molecule has 198 valence electrons. The highest BCUT2D eigenvalue weighted by atomic mass is 16.6. The van der Waals surface area contributed by atoms with Gasteiger partial charge < -0.3 is 19.7 Å². The summed E-state index contributed by atoms with van der Waals surface area (Å²) >= 11 is 0. The predicted octanol–water partition coefficient (Wildman–Crippen LogP) is 4.81. The fraction of sp³-hybridized carbons (Fsp3) is 0.667. The first-order valence-corrected chi connectivity index (χ1v) is 13.3. The van der Waals surface area contributed by atoms with Crippen molar-refractivity contribution in [3.8, 4) is 0 Å². The third-order valence-electron chi connectivity index (χ3n) is 9.18. The van der Waals surface area contributed by atoms with Gasteiger partial charge in [-0.2, -0.15) is 0 Å². The van der Waals surface area contributed by atoms with Crippen molar-refractivity contribution in [2.45, 2.75) is 98.2 Å².